The first-order valence-corrected chi connectivity index (χ1v) is 33.5. The first-order valence-electron chi connectivity index (χ1n) is 33.5. The van der Waals surface area contributed by atoms with Gasteiger partial charge in [-0.05, 0) is 120 Å². The van der Waals surface area contributed by atoms with Crippen molar-refractivity contribution in [2.24, 2.45) is 11.8 Å². The van der Waals surface area contributed by atoms with E-state index in [1.807, 2.05) is 74.5 Å². The SMILES string of the molecule is CC[C@H](NC)C(=O)N[C@@H]1C(=O)N2[C@@H](CC[C@@H]1CNC(=O)CCCNc1c(NCCCCNC(=O)C(NC(=O)[C@@H]3CC[C@@H]4CC[C@H](CO)[C@H](NC(=O)[C@H](CC)NC)C(=O)N43)(c3ccccc3)c3ccccc3)c(=O)c1=O)CC[C@H]2C(=O)NC(c1ccccc1)c1ccccc1. The molecule has 5 aromatic rings. The van der Waals surface area contributed by atoms with Crippen molar-refractivity contribution >= 4 is 58.6 Å². The molecule has 4 aliphatic heterocycles. The molecule has 4 saturated heterocycles. The maximum absolute atomic E-state index is 15.0. The van der Waals surface area contributed by atoms with Crippen molar-refractivity contribution in [2.45, 2.75) is 164 Å². The van der Waals surface area contributed by atoms with Crippen LogP contribution in [0, 0.1) is 11.8 Å². The standard InChI is InChI=1S/C71H92N12O11/c1-5-52(72-3)64(88)79-58-46(31-33-50-35-37-54(82(50)68(58)92)66(90)78-57(44-22-11-7-12-23-44)45-24-13-8-14-25-45)42-77-56(85)30-21-41-75-61-60(62(86)63(61)87)74-39-19-20-40-76-70(94)71(48-26-15-9-16-27-48,49-28-17-10-18-29-49)81-67(91)55-38-36-51-34-32-47(43-84)59(69(93)83(51)55)80-65(89)53(6-2)73-4/h7-18,22-29,46-47,50-55,57-59,72-75,84H,5-6,19-21,30-43H2,1-4H3,(H,76,94)(H,77,85)(H,78,90)(H,79,88)(H,80,89)(H,81,91)/t46-,47-,50+,51+,52+,53+,54+,55+,58+,59+/m1/s1. The number of hydrogen-bond donors (Lipinski definition) is 11. The number of amides is 8. The van der Waals surface area contributed by atoms with Gasteiger partial charge in [-0.15, -0.1) is 0 Å². The molecule has 4 aliphatic rings. The molecule has 10 atom stereocenters. The second kappa shape index (κ2) is 32.9. The third-order valence-corrected chi connectivity index (χ3v) is 19.5. The largest absolute Gasteiger partial charge is 0.396 e. The summed E-state index contributed by atoms with van der Waals surface area (Å²) >= 11 is 0. The van der Waals surface area contributed by atoms with Crippen molar-refractivity contribution in [3.63, 3.8) is 0 Å². The average molecular weight is 1290 g/mol. The highest BCUT2D eigenvalue weighted by Crippen LogP contribution is 2.38. The number of carbonyl (C=O) groups excluding carboxylic acids is 8. The zero-order valence-corrected chi connectivity index (χ0v) is 54.3. The molecule has 9 rings (SSSR count). The van der Waals surface area contributed by atoms with Crippen LogP contribution in [0.3, 0.4) is 0 Å². The van der Waals surface area contributed by atoms with E-state index in [9.17, 15) is 53.1 Å². The molecular weight excluding hydrogens is 1200 g/mol. The number of nitrogens with one attached hydrogen (secondary N) is 10. The molecule has 11 N–H and O–H groups in total. The maximum atomic E-state index is 15.0. The number of aliphatic hydroxyl groups excluding tert-OH is 1. The lowest BCUT2D eigenvalue weighted by Gasteiger charge is -2.37. The molecule has 8 amide bonds. The van der Waals surface area contributed by atoms with Gasteiger partial charge >= 0.3 is 0 Å². The number of nitrogens with zero attached hydrogens (tertiary/aromatic N) is 2. The summed E-state index contributed by atoms with van der Waals surface area (Å²) in [4.78, 5) is 143. The lowest BCUT2D eigenvalue weighted by molar-refractivity contribution is -0.145. The summed E-state index contributed by atoms with van der Waals surface area (Å²) in [5.74, 6) is -4.26. The van der Waals surface area contributed by atoms with Crippen LogP contribution in [0.2, 0.25) is 0 Å². The van der Waals surface area contributed by atoms with Gasteiger partial charge in [-0.1, -0.05) is 135 Å². The van der Waals surface area contributed by atoms with Crippen molar-refractivity contribution in [2.75, 3.05) is 57.5 Å². The first-order chi connectivity index (χ1) is 45.6. The van der Waals surface area contributed by atoms with Crippen molar-refractivity contribution in [1.82, 2.24) is 52.3 Å². The minimum atomic E-state index is -1.76. The first kappa shape index (κ1) is 69.5. The van der Waals surface area contributed by atoms with Gasteiger partial charge in [0.15, 0.2) is 5.54 Å². The fourth-order valence-corrected chi connectivity index (χ4v) is 14.2. The smallest absolute Gasteiger partial charge is 0.255 e. The molecule has 0 aliphatic carbocycles. The van der Waals surface area contributed by atoms with E-state index in [0.717, 1.165) is 11.1 Å². The maximum Gasteiger partial charge on any atom is 0.255 e. The van der Waals surface area contributed by atoms with Crippen LogP contribution in [0.1, 0.15) is 132 Å². The van der Waals surface area contributed by atoms with Crippen LogP contribution in [0.5, 0.6) is 0 Å². The van der Waals surface area contributed by atoms with Gasteiger partial charge in [0.2, 0.25) is 41.4 Å². The summed E-state index contributed by atoms with van der Waals surface area (Å²) in [6.07, 6.45) is 6.12. The Morgan fingerprint density at radius 3 is 1.45 bits per heavy atom. The molecule has 0 unspecified atom stereocenters. The lowest BCUT2D eigenvalue weighted by atomic mass is 9.81. The van der Waals surface area contributed by atoms with E-state index in [2.05, 4.69) is 53.2 Å². The monoisotopic (exact) mass is 1290 g/mol. The molecule has 4 fully saturated rings. The number of likely N-dealkylation sites (N-methyl/N-ethyl adjacent to an activating group) is 2. The van der Waals surface area contributed by atoms with Gasteiger partial charge < -0.3 is 68.1 Å². The Morgan fingerprint density at radius 1 is 0.532 bits per heavy atom. The molecule has 0 spiro atoms. The highest BCUT2D eigenvalue weighted by molar-refractivity contribution is 6.00. The van der Waals surface area contributed by atoms with Gasteiger partial charge in [-0.3, -0.25) is 47.9 Å². The topological polar surface area (TPSA) is 318 Å². The zero-order chi connectivity index (χ0) is 66.9. The summed E-state index contributed by atoms with van der Waals surface area (Å²) < 4.78 is 0. The van der Waals surface area contributed by atoms with Crippen molar-refractivity contribution in [3.05, 3.63) is 164 Å². The molecule has 502 valence electrons. The highest BCUT2D eigenvalue weighted by atomic mass is 16.3. The van der Waals surface area contributed by atoms with E-state index >= 15 is 0 Å². The van der Waals surface area contributed by atoms with Crippen molar-refractivity contribution in [1.29, 1.82) is 0 Å². The Kier molecular flexibility index (Phi) is 24.3. The summed E-state index contributed by atoms with van der Waals surface area (Å²) in [7, 11) is 3.33. The molecule has 0 saturated carbocycles. The number of anilines is 2. The third-order valence-electron chi connectivity index (χ3n) is 19.5. The average Bonchev–Trinajstić information content (AvgIpc) is 1.15. The number of aliphatic hydroxyl groups is 1. The van der Waals surface area contributed by atoms with Crippen LogP contribution >= 0.6 is 0 Å². The Labute approximate surface area is 549 Å². The van der Waals surface area contributed by atoms with E-state index in [1.165, 1.54) is 0 Å². The van der Waals surface area contributed by atoms with Crippen molar-refractivity contribution in [3.8, 4) is 0 Å². The number of hydrogen-bond acceptors (Lipinski definition) is 15. The van der Waals surface area contributed by atoms with E-state index < -0.39 is 88.2 Å². The number of rotatable bonds is 31. The zero-order valence-electron chi connectivity index (χ0n) is 54.3. The van der Waals surface area contributed by atoms with E-state index in [-0.39, 0.29) is 92.2 Å². The normalized spacial score (nSPS) is 21.8. The van der Waals surface area contributed by atoms with E-state index in [0.29, 0.717) is 94.6 Å². The summed E-state index contributed by atoms with van der Waals surface area (Å²) in [5.41, 5.74) is -0.161. The number of benzene rings is 4. The minimum absolute atomic E-state index is 0.0516. The predicted octanol–water partition coefficient (Wildman–Crippen LogP) is 3.36. The molecular formula is C71H92N12O11. The second-order valence-electron chi connectivity index (χ2n) is 25.2. The van der Waals surface area contributed by atoms with Gasteiger partial charge in [-0.25, -0.2) is 0 Å². The van der Waals surface area contributed by atoms with Crippen LogP contribution in [-0.2, 0) is 43.9 Å². The molecule has 0 aromatic heterocycles. The second-order valence-corrected chi connectivity index (χ2v) is 25.2. The van der Waals surface area contributed by atoms with Gasteiger partial charge in [0.25, 0.3) is 16.8 Å². The quantitative estimate of drug-likeness (QED) is 0.0224. The van der Waals surface area contributed by atoms with Gasteiger partial charge in [-0.2, -0.15) is 0 Å². The van der Waals surface area contributed by atoms with E-state index in [1.54, 1.807) is 84.6 Å². The Hall–Kier alpha value is -8.80. The van der Waals surface area contributed by atoms with Crippen LogP contribution in [0.15, 0.2) is 131 Å². The fraction of sp³-hybridized carbons (Fsp3) is 0.493. The Bertz CT molecular complexity index is 3390. The fourth-order valence-electron chi connectivity index (χ4n) is 14.2. The summed E-state index contributed by atoms with van der Waals surface area (Å²) in [6, 6.07) is 31.0. The van der Waals surface area contributed by atoms with Crippen molar-refractivity contribution < 1.29 is 43.5 Å². The number of carbonyl (C=O) groups is 8. The van der Waals surface area contributed by atoms with Crippen LogP contribution in [0.25, 0.3) is 0 Å². The molecule has 5 aromatic carbocycles. The molecule has 0 radical (unpaired) electrons. The summed E-state index contributed by atoms with van der Waals surface area (Å²) in [6.45, 7) is 4.09. The minimum Gasteiger partial charge on any atom is -0.396 e. The van der Waals surface area contributed by atoms with Crippen LogP contribution < -0.4 is 64.0 Å². The highest BCUT2D eigenvalue weighted by Gasteiger charge is 2.52. The number of unbranched alkanes of at least 4 members (excludes halogenated alkanes) is 1. The molecule has 23 heteroatoms. The molecule has 23 nitrogen and oxygen atoms in total. The van der Waals surface area contributed by atoms with Gasteiger partial charge in [0.1, 0.15) is 35.5 Å². The Balaban J connectivity index is 0.776. The number of fused-ring (bicyclic) bond motifs is 2. The van der Waals surface area contributed by atoms with Crippen LogP contribution in [-0.4, -0.2) is 157 Å². The lowest BCUT2D eigenvalue weighted by Crippen LogP contribution is -2.62. The molecule has 94 heavy (non-hydrogen) atoms. The molecule has 4 heterocycles. The molecule has 0 bridgehead atoms. The Morgan fingerprint density at radius 2 is 0.968 bits per heavy atom. The third kappa shape index (κ3) is 15.7. The summed E-state index contributed by atoms with van der Waals surface area (Å²) in [5, 5.41) is 40.8. The van der Waals surface area contributed by atoms with Gasteiger partial charge in [0.05, 0.1) is 18.1 Å². The predicted molar refractivity (Wildman–Crippen MR) is 357 cm³/mol. The van der Waals surface area contributed by atoms with Gasteiger partial charge in [0, 0.05) is 63.1 Å². The van der Waals surface area contributed by atoms with E-state index in [4.69, 9.17) is 0 Å². The van der Waals surface area contributed by atoms with Crippen LogP contribution in [0.4, 0.5) is 11.4 Å².